The quantitative estimate of drug-likeness (QED) is 0.781. The molecule has 1 aromatic heterocycles. The summed E-state index contributed by atoms with van der Waals surface area (Å²) in [5, 5.41) is 1.15. The molecule has 1 atom stereocenters. The number of sulfonamides is 1. The highest BCUT2D eigenvalue weighted by Crippen LogP contribution is 2.23. The van der Waals surface area contributed by atoms with Crippen molar-refractivity contribution < 1.29 is 8.42 Å². The molecule has 1 unspecified atom stereocenters. The largest absolute Gasteiger partial charge is 0.243 e. The van der Waals surface area contributed by atoms with Gasteiger partial charge in [-0.05, 0) is 43.5 Å². The van der Waals surface area contributed by atoms with Crippen molar-refractivity contribution in [2.24, 2.45) is 0 Å². The molecular weight excluding hydrogens is 328 g/mol. The Bertz CT molecular complexity index is 750. The summed E-state index contributed by atoms with van der Waals surface area (Å²) in [7, 11) is -1.89. The monoisotopic (exact) mass is 344 g/mol. The predicted octanol–water partition coefficient (Wildman–Crippen LogP) is 3.26. The highest BCUT2D eigenvalue weighted by molar-refractivity contribution is 7.98. The van der Waals surface area contributed by atoms with E-state index in [0.29, 0.717) is 10.7 Å². The van der Waals surface area contributed by atoms with Crippen LogP contribution in [0, 0.1) is 0 Å². The van der Waals surface area contributed by atoms with Gasteiger partial charge < -0.3 is 0 Å². The minimum Gasteiger partial charge on any atom is -0.236 e. The summed E-state index contributed by atoms with van der Waals surface area (Å²) in [6, 6.07) is 8.25. The van der Waals surface area contributed by atoms with Crippen molar-refractivity contribution in [3.8, 4) is 0 Å². The number of hydrogen-bond acceptors (Lipinski definition) is 4. The molecule has 0 fully saturated rings. The molecule has 1 heterocycles. The SMILES string of the molecule is CSCC(C)N(C)S(=O)(=O)c1ccc2nc(Cl)ccc2c1. The van der Waals surface area contributed by atoms with Crippen LogP contribution in [0.3, 0.4) is 0 Å². The Kier molecular flexibility index (Phi) is 5.14. The molecule has 0 spiro atoms. The van der Waals surface area contributed by atoms with Gasteiger partial charge in [-0.3, -0.25) is 0 Å². The maximum atomic E-state index is 12.6. The minimum atomic E-state index is -3.50. The van der Waals surface area contributed by atoms with Gasteiger partial charge in [0.05, 0.1) is 10.4 Å². The Labute approximate surface area is 134 Å². The molecule has 1 aromatic carbocycles. The maximum Gasteiger partial charge on any atom is 0.243 e. The number of benzene rings is 1. The molecule has 0 amide bonds. The average molecular weight is 345 g/mol. The summed E-state index contributed by atoms with van der Waals surface area (Å²) >= 11 is 7.46. The van der Waals surface area contributed by atoms with E-state index < -0.39 is 10.0 Å². The van der Waals surface area contributed by atoms with Crippen molar-refractivity contribution in [3.05, 3.63) is 35.5 Å². The van der Waals surface area contributed by atoms with Crippen molar-refractivity contribution in [2.75, 3.05) is 19.1 Å². The first-order chi connectivity index (χ1) is 9.86. The van der Waals surface area contributed by atoms with E-state index in [2.05, 4.69) is 4.98 Å². The summed E-state index contributed by atoms with van der Waals surface area (Å²) in [6.45, 7) is 1.90. The molecule has 4 nitrogen and oxygen atoms in total. The van der Waals surface area contributed by atoms with E-state index in [1.54, 1.807) is 49.1 Å². The van der Waals surface area contributed by atoms with Crippen LogP contribution in [0.1, 0.15) is 6.92 Å². The van der Waals surface area contributed by atoms with Crippen molar-refractivity contribution in [2.45, 2.75) is 17.9 Å². The Balaban J connectivity index is 2.42. The standard InChI is InChI=1S/C14H17ClN2O2S2/c1-10(9-20-3)17(2)21(18,19)12-5-6-13-11(8-12)4-7-14(15)16-13/h4-8,10H,9H2,1-3H3. The lowest BCUT2D eigenvalue weighted by molar-refractivity contribution is 0.415. The lowest BCUT2D eigenvalue weighted by Gasteiger charge is -2.23. The molecule has 114 valence electrons. The summed E-state index contributed by atoms with van der Waals surface area (Å²) < 4.78 is 26.7. The van der Waals surface area contributed by atoms with E-state index in [-0.39, 0.29) is 10.9 Å². The summed E-state index contributed by atoms with van der Waals surface area (Å²) in [6.07, 6.45) is 1.96. The minimum absolute atomic E-state index is 0.0657. The Hall–Kier alpha value is -0.820. The summed E-state index contributed by atoms with van der Waals surface area (Å²) in [5.74, 6) is 0.750. The second-order valence-electron chi connectivity index (χ2n) is 4.81. The van der Waals surface area contributed by atoms with Crippen LogP contribution < -0.4 is 0 Å². The molecule has 0 saturated carbocycles. The zero-order valence-electron chi connectivity index (χ0n) is 12.1. The van der Waals surface area contributed by atoms with Crippen molar-refractivity contribution >= 4 is 44.3 Å². The van der Waals surface area contributed by atoms with Crippen molar-refractivity contribution in [1.82, 2.24) is 9.29 Å². The Morgan fingerprint density at radius 3 is 2.71 bits per heavy atom. The van der Waals surface area contributed by atoms with E-state index in [1.807, 2.05) is 13.2 Å². The normalized spacial score (nSPS) is 13.8. The van der Waals surface area contributed by atoms with Crippen LogP contribution in [-0.4, -0.2) is 42.8 Å². The van der Waals surface area contributed by atoms with Gasteiger partial charge in [-0.25, -0.2) is 13.4 Å². The fourth-order valence-corrected chi connectivity index (χ4v) is 4.34. The maximum absolute atomic E-state index is 12.6. The van der Waals surface area contributed by atoms with E-state index >= 15 is 0 Å². The third-order valence-electron chi connectivity index (χ3n) is 3.33. The molecule has 0 aliphatic carbocycles. The second-order valence-corrected chi connectivity index (χ2v) is 8.11. The van der Waals surface area contributed by atoms with Crippen LogP contribution >= 0.6 is 23.4 Å². The van der Waals surface area contributed by atoms with E-state index in [9.17, 15) is 8.42 Å². The molecule has 0 N–H and O–H groups in total. The molecule has 7 heteroatoms. The van der Waals surface area contributed by atoms with Gasteiger partial charge in [0.25, 0.3) is 0 Å². The fraction of sp³-hybridized carbons (Fsp3) is 0.357. The van der Waals surface area contributed by atoms with E-state index in [4.69, 9.17) is 11.6 Å². The van der Waals surface area contributed by atoms with Gasteiger partial charge in [0, 0.05) is 24.2 Å². The smallest absolute Gasteiger partial charge is 0.236 e. The molecule has 0 bridgehead atoms. The van der Waals surface area contributed by atoms with Crippen molar-refractivity contribution in [1.29, 1.82) is 0 Å². The number of thioether (sulfide) groups is 1. The molecule has 0 saturated heterocycles. The number of rotatable bonds is 5. The van der Waals surface area contributed by atoms with Crippen LogP contribution in [0.25, 0.3) is 10.9 Å². The topological polar surface area (TPSA) is 50.3 Å². The highest BCUT2D eigenvalue weighted by Gasteiger charge is 2.25. The molecular formula is C14H17ClN2O2S2. The number of pyridine rings is 1. The van der Waals surface area contributed by atoms with Gasteiger partial charge in [-0.15, -0.1) is 0 Å². The van der Waals surface area contributed by atoms with Crippen LogP contribution in [0.2, 0.25) is 5.15 Å². The number of fused-ring (bicyclic) bond motifs is 1. The van der Waals surface area contributed by atoms with Crippen molar-refractivity contribution in [3.63, 3.8) is 0 Å². The van der Waals surface area contributed by atoms with E-state index in [0.717, 1.165) is 11.1 Å². The zero-order valence-corrected chi connectivity index (χ0v) is 14.5. The molecule has 21 heavy (non-hydrogen) atoms. The van der Waals surface area contributed by atoms with Gasteiger partial charge in [0.15, 0.2) is 0 Å². The third-order valence-corrected chi connectivity index (χ3v) is 6.33. The molecule has 0 radical (unpaired) electrons. The first-order valence-corrected chi connectivity index (χ1v) is 9.60. The third kappa shape index (κ3) is 3.51. The van der Waals surface area contributed by atoms with Gasteiger partial charge in [-0.2, -0.15) is 16.1 Å². The summed E-state index contributed by atoms with van der Waals surface area (Å²) in [5.41, 5.74) is 0.682. The summed E-state index contributed by atoms with van der Waals surface area (Å²) in [4.78, 5) is 4.43. The average Bonchev–Trinajstić information content (AvgIpc) is 2.45. The lowest BCUT2D eigenvalue weighted by atomic mass is 10.2. The zero-order chi connectivity index (χ0) is 15.6. The van der Waals surface area contributed by atoms with Gasteiger partial charge in [0.2, 0.25) is 10.0 Å². The first kappa shape index (κ1) is 16.5. The molecule has 2 rings (SSSR count). The number of hydrogen-bond donors (Lipinski definition) is 0. The molecule has 0 aliphatic heterocycles. The fourth-order valence-electron chi connectivity index (χ4n) is 1.99. The molecule has 0 aliphatic rings. The van der Waals surface area contributed by atoms with Crippen LogP contribution in [0.4, 0.5) is 0 Å². The number of nitrogens with zero attached hydrogens (tertiary/aromatic N) is 2. The van der Waals surface area contributed by atoms with Crippen LogP contribution in [0.5, 0.6) is 0 Å². The van der Waals surface area contributed by atoms with Gasteiger partial charge >= 0.3 is 0 Å². The number of halogens is 1. The van der Waals surface area contributed by atoms with Crippen LogP contribution in [-0.2, 0) is 10.0 Å². The Morgan fingerprint density at radius 2 is 2.05 bits per heavy atom. The highest BCUT2D eigenvalue weighted by atomic mass is 35.5. The first-order valence-electron chi connectivity index (χ1n) is 6.39. The van der Waals surface area contributed by atoms with Crippen LogP contribution in [0.15, 0.2) is 35.2 Å². The Morgan fingerprint density at radius 1 is 1.33 bits per heavy atom. The van der Waals surface area contributed by atoms with Gasteiger partial charge in [-0.1, -0.05) is 11.6 Å². The van der Waals surface area contributed by atoms with E-state index in [1.165, 1.54) is 4.31 Å². The number of aromatic nitrogens is 1. The van der Waals surface area contributed by atoms with Gasteiger partial charge in [0.1, 0.15) is 5.15 Å². The lowest BCUT2D eigenvalue weighted by Crippen LogP contribution is -2.36. The molecule has 2 aromatic rings. The second kappa shape index (κ2) is 6.52. The predicted molar refractivity (Wildman–Crippen MR) is 89.5 cm³/mol.